The van der Waals surface area contributed by atoms with E-state index < -0.39 is 5.97 Å². The molecule has 0 bridgehead atoms. The molecule has 23 heavy (non-hydrogen) atoms. The second-order valence-electron chi connectivity index (χ2n) is 4.73. The molecule has 0 heterocycles. The fraction of sp³-hybridized carbons (Fsp3) is 0.167. The number of carbonyl (C=O) groups is 1. The van der Waals surface area contributed by atoms with E-state index in [4.69, 9.17) is 14.6 Å². The predicted molar refractivity (Wildman–Crippen MR) is 85.0 cm³/mol. The number of hydrogen-bond donors (Lipinski definition) is 1. The highest BCUT2D eigenvalue weighted by atomic mass is 19.1. The Balaban J connectivity index is 2.15. The van der Waals surface area contributed by atoms with E-state index in [-0.39, 0.29) is 12.4 Å². The summed E-state index contributed by atoms with van der Waals surface area (Å²) in [6.45, 7) is 2.50. The van der Waals surface area contributed by atoms with Crippen molar-refractivity contribution in [1.29, 1.82) is 0 Å². The van der Waals surface area contributed by atoms with E-state index in [1.807, 2.05) is 6.92 Å². The maximum absolute atomic E-state index is 13.2. The number of hydrogen-bond acceptors (Lipinski definition) is 3. The number of rotatable bonds is 7. The van der Waals surface area contributed by atoms with Crippen LogP contribution in [0.4, 0.5) is 4.39 Å². The molecule has 0 saturated heterocycles. The average molecular weight is 316 g/mol. The number of carboxylic acid groups (broad SMARTS) is 1. The monoisotopic (exact) mass is 316 g/mol. The van der Waals surface area contributed by atoms with Crippen molar-refractivity contribution >= 4 is 12.0 Å². The molecule has 2 aromatic rings. The molecule has 0 aliphatic rings. The van der Waals surface area contributed by atoms with Crippen LogP contribution < -0.4 is 9.47 Å². The highest BCUT2D eigenvalue weighted by Gasteiger charge is 2.07. The molecular weight excluding hydrogens is 299 g/mol. The van der Waals surface area contributed by atoms with Crippen LogP contribution in [0.1, 0.15) is 18.1 Å². The van der Waals surface area contributed by atoms with E-state index in [1.165, 1.54) is 18.2 Å². The lowest BCUT2D eigenvalue weighted by Crippen LogP contribution is -2.00. The summed E-state index contributed by atoms with van der Waals surface area (Å²) < 4.78 is 24.4. The highest BCUT2D eigenvalue weighted by Crippen LogP contribution is 2.29. The van der Waals surface area contributed by atoms with Gasteiger partial charge in [0.1, 0.15) is 12.4 Å². The van der Waals surface area contributed by atoms with Crippen LogP contribution in [0, 0.1) is 5.82 Å². The maximum Gasteiger partial charge on any atom is 0.328 e. The third-order valence-corrected chi connectivity index (χ3v) is 2.97. The van der Waals surface area contributed by atoms with Crippen LogP contribution in [-0.2, 0) is 11.4 Å². The van der Waals surface area contributed by atoms with Crippen molar-refractivity contribution in [3.8, 4) is 11.5 Å². The van der Waals surface area contributed by atoms with Crippen molar-refractivity contribution in [2.75, 3.05) is 6.61 Å². The summed E-state index contributed by atoms with van der Waals surface area (Å²) in [5, 5.41) is 8.66. The number of carboxylic acids is 1. The number of benzene rings is 2. The molecule has 2 aromatic carbocycles. The Hall–Kier alpha value is -2.82. The van der Waals surface area contributed by atoms with Crippen molar-refractivity contribution in [2.45, 2.75) is 13.5 Å². The van der Waals surface area contributed by atoms with Crippen LogP contribution in [0.25, 0.3) is 6.08 Å². The molecule has 120 valence electrons. The summed E-state index contributed by atoms with van der Waals surface area (Å²) in [4.78, 5) is 10.6. The van der Waals surface area contributed by atoms with Gasteiger partial charge in [-0.25, -0.2) is 9.18 Å². The lowest BCUT2D eigenvalue weighted by Gasteiger charge is -2.12. The van der Waals surface area contributed by atoms with Gasteiger partial charge in [0.25, 0.3) is 0 Å². The van der Waals surface area contributed by atoms with Gasteiger partial charge in [-0.3, -0.25) is 0 Å². The fourth-order valence-corrected chi connectivity index (χ4v) is 1.97. The van der Waals surface area contributed by atoms with Gasteiger partial charge >= 0.3 is 5.97 Å². The van der Waals surface area contributed by atoms with Crippen LogP contribution in [0.5, 0.6) is 11.5 Å². The molecule has 0 amide bonds. The molecule has 0 aromatic heterocycles. The van der Waals surface area contributed by atoms with Gasteiger partial charge in [-0.1, -0.05) is 18.2 Å². The first-order valence-corrected chi connectivity index (χ1v) is 7.13. The Morgan fingerprint density at radius 1 is 1.17 bits per heavy atom. The second-order valence-corrected chi connectivity index (χ2v) is 4.73. The van der Waals surface area contributed by atoms with Crippen molar-refractivity contribution in [3.63, 3.8) is 0 Å². The van der Waals surface area contributed by atoms with Gasteiger partial charge in [-0.05, 0) is 48.4 Å². The van der Waals surface area contributed by atoms with Crippen molar-refractivity contribution in [3.05, 3.63) is 65.5 Å². The molecule has 0 saturated carbocycles. The lowest BCUT2D eigenvalue weighted by atomic mass is 10.2. The molecule has 0 aliphatic heterocycles. The number of aliphatic carboxylic acids is 1. The Bertz CT molecular complexity index is 710. The van der Waals surface area contributed by atoms with E-state index >= 15 is 0 Å². The van der Waals surface area contributed by atoms with Crippen LogP contribution in [0.2, 0.25) is 0 Å². The molecule has 4 nitrogen and oxygen atoms in total. The Kier molecular flexibility index (Phi) is 5.74. The van der Waals surface area contributed by atoms with E-state index in [0.717, 1.165) is 6.08 Å². The molecule has 5 heteroatoms. The highest BCUT2D eigenvalue weighted by molar-refractivity contribution is 5.85. The zero-order chi connectivity index (χ0) is 16.7. The minimum Gasteiger partial charge on any atom is -0.490 e. The standard InChI is InChI=1S/C18H17FO4/c1-2-22-17-11-13(7-9-18(20)21)6-8-16(17)23-12-14-4-3-5-15(19)10-14/h3-11H,2,12H2,1H3,(H,20,21). The van der Waals surface area contributed by atoms with Gasteiger partial charge in [0.15, 0.2) is 11.5 Å². The van der Waals surface area contributed by atoms with Gasteiger partial charge in [-0.2, -0.15) is 0 Å². The smallest absolute Gasteiger partial charge is 0.328 e. The van der Waals surface area contributed by atoms with Gasteiger partial charge in [0.05, 0.1) is 6.61 Å². The average Bonchev–Trinajstić information content (AvgIpc) is 2.52. The van der Waals surface area contributed by atoms with Crippen molar-refractivity contribution in [2.24, 2.45) is 0 Å². The van der Waals surface area contributed by atoms with E-state index in [2.05, 4.69) is 0 Å². The molecule has 0 aliphatic carbocycles. The Labute approximate surface area is 133 Å². The molecule has 0 unspecified atom stereocenters. The summed E-state index contributed by atoms with van der Waals surface area (Å²) in [5.41, 5.74) is 1.40. The van der Waals surface area contributed by atoms with E-state index in [9.17, 15) is 9.18 Å². The first-order chi connectivity index (χ1) is 11.1. The van der Waals surface area contributed by atoms with E-state index in [1.54, 1.807) is 30.3 Å². The van der Waals surface area contributed by atoms with Crippen LogP contribution in [0.15, 0.2) is 48.5 Å². The SMILES string of the molecule is CCOc1cc(C=CC(=O)O)ccc1OCc1cccc(F)c1. The normalized spacial score (nSPS) is 10.7. The molecule has 0 spiro atoms. The summed E-state index contributed by atoms with van der Waals surface area (Å²) in [7, 11) is 0. The largest absolute Gasteiger partial charge is 0.490 e. The van der Waals surface area contributed by atoms with Crippen molar-refractivity contribution in [1.82, 2.24) is 0 Å². The van der Waals surface area contributed by atoms with E-state index in [0.29, 0.717) is 29.2 Å². The first-order valence-electron chi connectivity index (χ1n) is 7.13. The summed E-state index contributed by atoms with van der Waals surface area (Å²) in [6.07, 6.45) is 2.53. The third kappa shape index (κ3) is 5.14. The predicted octanol–water partition coefficient (Wildman–Crippen LogP) is 3.90. The van der Waals surface area contributed by atoms with Crippen LogP contribution >= 0.6 is 0 Å². The lowest BCUT2D eigenvalue weighted by molar-refractivity contribution is -0.131. The summed E-state index contributed by atoms with van der Waals surface area (Å²) >= 11 is 0. The molecule has 1 N–H and O–H groups in total. The summed E-state index contributed by atoms with van der Waals surface area (Å²) in [5.74, 6) is -0.306. The van der Waals surface area contributed by atoms with Crippen molar-refractivity contribution < 1.29 is 23.8 Å². The maximum atomic E-state index is 13.2. The van der Waals surface area contributed by atoms with Gasteiger partial charge in [0, 0.05) is 6.08 Å². The Morgan fingerprint density at radius 2 is 2.00 bits per heavy atom. The topological polar surface area (TPSA) is 55.8 Å². The fourth-order valence-electron chi connectivity index (χ4n) is 1.97. The number of halogens is 1. The zero-order valence-corrected chi connectivity index (χ0v) is 12.7. The quantitative estimate of drug-likeness (QED) is 0.787. The van der Waals surface area contributed by atoms with Gasteiger partial charge < -0.3 is 14.6 Å². The minimum atomic E-state index is -1.02. The van der Waals surface area contributed by atoms with Crippen LogP contribution in [-0.4, -0.2) is 17.7 Å². The molecule has 0 atom stereocenters. The third-order valence-electron chi connectivity index (χ3n) is 2.97. The molecule has 0 fully saturated rings. The second kappa shape index (κ2) is 7.98. The zero-order valence-electron chi connectivity index (χ0n) is 12.7. The molecular formula is C18H17FO4. The number of ether oxygens (including phenoxy) is 2. The Morgan fingerprint density at radius 3 is 2.70 bits per heavy atom. The van der Waals surface area contributed by atoms with Crippen LogP contribution in [0.3, 0.4) is 0 Å². The molecule has 0 radical (unpaired) electrons. The first kappa shape index (κ1) is 16.5. The molecule has 2 rings (SSSR count). The van der Waals surface area contributed by atoms with Gasteiger partial charge in [-0.15, -0.1) is 0 Å². The minimum absolute atomic E-state index is 0.210. The van der Waals surface area contributed by atoms with Gasteiger partial charge in [0.2, 0.25) is 0 Å². The summed E-state index contributed by atoms with van der Waals surface area (Å²) in [6, 6.07) is 11.3.